The summed E-state index contributed by atoms with van der Waals surface area (Å²) in [4.78, 5) is 10.9. The number of carbonyl (C=O) groups is 1. The Morgan fingerprint density at radius 1 is 1.38 bits per heavy atom. The Bertz CT molecular complexity index is 374. The van der Waals surface area contributed by atoms with Gasteiger partial charge in [0.25, 0.3) is 0 Å². The van der Waals surface area contributed by atoms with Gasteiger partial charge in [-0.15, -0.1) is 5.10 Å². The lowest BCUT2D eigenvalue weighted by Crippen LogP contribution is -2.29. The SMILES string of the molecule is CC(=O)OC(NN=C(N)N)c1ccccc1. The van der Waals surface area contributed by atoms with Crippen LogP contribution in [0.5, 0.6) is 0 Å². The van der Waals surface area contributed by atoms with Crippen LogP contribution in [-0.2, 0) is 9.53 Å². The zero-order chi connectivity index (χ0) is 12.0. The number of carbonyl (C=O) groups excluding carboxylic acids is 1. The summed E-state index contributed by atoms with van der Waals surface area (Å²) in [5.41, 5.74) is 13.7. The molecule has 0 aliphatic rings. The lowest BCUT2D eigenvalue weighted by atomic mass is 10.2. The van der Waals surface area contributed by atoms with E-state index in [1.54, 1.807) is 12.1 Å². The van der Waals surface area contributed by atoms with Crippen molar-refractivity contribution < 1.29 is 9.53 Å². The van der Waals surface area contributed by atoms with Crippen LogP contribution in [0, 0.1) is 0 Å². The maximum atomic E-state index is 10.9. The highest BCUT2D eigenvalue weighted by Crippen LogP contribution is 2.13. The average molecular weight is 222 g/mol. The molecule has 0 radical (unpaired) electrons. The Morgan fingerprint density at radius 3 is 2.50 bits per heavy atom. The third-order valence-electron chi connectivity index (χ3n) is 1.70. The topological polar surface area (TPSA) is 103 Å². The van der Waals surface area contributed by atoms with Gasteiger partial charge in [0.2, 0.25) is 12.2 Å². The van der Waals surface area contributed by atoms with E-state index < -0.39 is 12.2 Å². The van der Waals surface area contributed by atoms with E-state index in [2.05, 4.69) is 10.5 Å². The van der Waals surface area contributed by atoms with Crippen LogP contribution in [0.15, 0.2) is 35.4 Å². The van der Waals surface area contributed by atoms with Gasteiger partial charge in [0.05, 0.1) is 0 Å². The molecule has 0 saturated carbocycles. The molecule has 0 aliphatic heterocycles. The quantitative estimate of drug-likeness (QED) is 0.219. The molecule has 0 aliphatic carbocycles. The van der Waals surface area contributed by atoms with Crippen molar-refractivity contribution in [1.82, 2.24) is 5.43 Å². The smallest absolute Gasteiger partial charge is 0.304 e. The van der Waals surface area contributed by atoms with Crippen molar-refractivity contribution in [2.75, 3.05) is 0 Å². The van der Waals surface area contributed by atoms with Crippen molar-refractivity contribution in [3.05, 3.63) is 35.9 Å². The fraction of sp³-hybridized carbons (Fsp3) is 0.200. The van der Waals surface area contributed by atoms with Crippen molar-refractivity contribution in [2.45, 2.75) is 13.2 Å². The summed E-state index contributed by atoms with van der Waals surface area (Å²) in [5.74, 6) is -0.555. The number of guanidine groups is 1. The molecular formula is C10H14N4O2. The Labute approximate surface area is 93.3 Å². The maximum Gasteiger partial charge on any atom is 0.304 e. The summed E-state index contributed by atoms with van der Waals surface area (Å²) < 4.78 is 5.02. The van der Waals surface area contributed by atoms with Crippen molar-refractivity contribution in [3.63, 3.8) is 0 Å². The molecule has 0 bridgehead atoms. The van der Waals surface area contributed by atoms with Crippen LogP contribution in [-0.4, -0.2) is 11.9 Å². The summed E-state index contributed by atoms with van der Waals surface area (Å²) in [6, 6.07) is 9.09. The van der Waals surface area contributed by atoms with E-state index in [1.807, 2.05) is 18.2 Å². The molecule has 5 N–H and O–H groups in total. The first-order valence-electron chi connectivity index (χ1n) is 4.66. The second-order valence-electron chi connectivity index (χ2n) is 3.07. The highest BCUT2D eigenvalue weighted by atomic mass is 16.6. The highest BCUT2D eigenvalue weighted by molar-refractivity contribution is 5.75. The van der Waals surface area contributed by atoms with Gasteiger partial charge in [0.15, 0.2) is 0 Å². The molecule has 16 heavy (non-hydrogen) atoms. The molecule has 86 valence electrons. The van der Waals surface area contributed by atoms with E-state index in [0.29, 0.717) is 0 Å². The van der Waals surface area contributed by atoms with Gasteiger partial charge in [-0.05, 0) is 0 Å². The summed E-state index contributed by atoms with van der Waals surface area (Å²) in [7, 11) is 0. The van der Waals surface area contributed by atoms with Gasteiger partial charge >= 0.3 is 5.97 Å². The Hall–Kier alpha value is -2.24. The second kappa shape index (κ2) is 5.59. The van der Waals surface area contributed by atoms with E-state index in [9.17, 15) is 4.79 Å². The first kappa shape index (κ1) is 11.8. The van der Waals surface area contributed by atoms with E-state index in [0.717, 1.165) is 5.56 Å². The predicted molar refractivity (Wildman–Crippen MR) is 59.9 cm³/mol. The molecule has 6 heteroatoms. The zero-order valence-electron chi connectivity index (χ0n) is 8.88. The summed E-state index contributed by atoms with van der Waals surface area (Å²) in [6.45, 7) is 1.31. The third kappa shape index (κ3) is 3.87. The van der Waals surface area contributed by atoms with E-state index in [1.165, 1.54) is 6.92 Å². The van der Waals surface area contributed by atoms with E-state index in [4.69, 9.17) is 16.2 Å². The van der Waals surface area contributed by atoms with Gasteiger partial charge in [0, 0.05) is 12.5 Å². The van der Waals surface area contributed by atoms with Gasteiger partial charge in [-0.25, -0.2) is 0 Å². The number of nitrogens with one attached hydrogen (secondary N) is 1. The van der Waals surface area contributed by atoms with Crippen molar-refractivity contribution in [2.24, 2.45) is 16.6 Å². The van der Waals surface area contributed by atoms with Crippen molar-refractivity contribution in [3.8, 4) is 0 Å². The maximum absolute atomic E-state index is 10.9. The normalized spacial score (nSPS) is 11.3. The van der Waals surface area contributed by atoms with Crippen LogP contribution in [0.4, 0.5) is 0 Å². The molecule has 1 unspecified atom stereocenters. The minimum Gasteiger partial charge on any atom is -0.436 e. The largest absolute Gasteiger partial charge is 0.436 e. The molecule has 0 saturated heterocycles. The van der Waals surface area contributed by atoms with E-state index >= 15 is 0 Å². The summed E-state index contributed by atoms with van der Waals surface area (Å²) >= 11 is 0. The molecule has 0 aromatic heterocycles. The van der Waals surface area contributed by atoms with Gasteiger partial charge in [0.1, 0.15) is 0 Å². The number of hydrogen-bond donors (Lipinski definition) is 3. The molecule has 1 aromatic rings. The number of hydrazone groups is 1. The van der Waals surface area contributed by atoms with Crippen molar-refractivity contribution in [1.29, 1.82) is 0 Å². The minimum absolute atomic E-state index is 0.131. The van der Waals surface area contributed by atoms with Crippen molar-refractivity contribution >= 4 is 11.9 Å². The molecule has 6 nitrogen and oxygen atoms in total. The molecular weight excluding hydrogens is 208 g/mol. The minimum atomic E-state index is -0.694. The van der Waals surface area contributed by atoms with Crippen LogP contribution < -0.4 is 16.9 Å². The molecule has 1 atom stereocenters. The van der Waals surface area contributed by atoms with Crippen LogP contribution in [0.25, 0.3) is 0 Å². The Kier molecular flexibility index (Phi) is 4.14. The average Bonchev–Trinajstić information content (AvgIpc) is 2.25. The second-order valence-corrected chi connectivity index (χ2v) is 3.07. The molecule has 0 heterocycles. The fourth-order valence-electron chi connectivity index (χ4n) is 1.10. The molecule has 0 fully saturated rings. The molecule has 1 aromatic carbocycles. The number of rotatable bonds is 4. The van der Waals surface area contributed by atoms with Crippen LogP contribution in [0.1, 0.15) is 18.7 Å². The van der Waals surface area contributed by atoms with Crippen LogP contribution in [0.2, 0.25) is 0 Å². The number of nitrogens with two attached hydrogens (primary N) is 2. The van der Waals surface area contributed by atoms with E-state index in [-0.39, 0.29) is 5.96 Å². The highest BCUT2D eigenvalue weighted by Gasteiger charge is 2.12. The number of esters is 1. The summed E-state index contributed by atoms with van der Waals surface area (Å²) in [5, 5.41) is 3.60. The lowest BCUT2D eigenvalue weighted by Gasteiger charge is -2.16. The molecule has 0 amide bonds. The molecule has 1 rings (SSSR count). The van der Waals surface area contributed by atoms with Gasteiger partial charge in [-0.3, -0.25) is 10.2 Å². The molecule has 0 spiro atoms. The number of benzene rings is 1. The number of nitrogens with zero attached hydrogens (tertiary/aromatic N) is 1. The lowest BCUT2D eigenvalue weighted by molar-refractivity contribution is -0.148. The predicted octanol–water partition coefficient (Wildman–Crippen LogP) is 0.0263. The first-order valence-corrected chi connectivity index (χ1v) is 4.66. The summed E-state index contributed by atoms with van der Waals surface area (Å²) in [6.07, 6.45) is -0.694. The standard InChI is InChI=1S/C10H14N4O2/c1-7(15)16-9(13-14-10(11)12)8-5-3-2-4-6-8/h2-6,9,13H,1H3,(H4,11,12,14). The van der Waals surface area contributed by atoms with Gasteiger partial charge in [-0.1, -0.05) is 30.3 Å². The van der Waals surface area contributed by atoms with Gasteiger partial charge < -0.3 is 16.2 Å². The first-order chi connectivity index (χ1) is 7.59. The van der Waals surface area contributed by atoms with Gasteiger partial charge in [-0.2, -0.15) is 0 Å². The van der Waals surface area contributed by atoms with Crippen LogP contribution >= 0.6 is 0 Å². The van der Waals surface area contributed by atoms with Crippen LogP contribution in [0.3, 0.4) is 0 Å². The zero-order valence-corrected chi connectivity index (χ0v) is 8.88. The Balaban J connectivity index is 2.79. The fourth-order valence-corrected chi connectivity index (χ4v) is 1.10. The number of ether oxygens (including phenoxy) is 1. The Morgan fingerprint density at radius 2 is 2.00 bits per heavy atom. The monoisotopic (exact) mass is 222 g/mol. The number of hydrogen-bond acceptors (Lipinski definition) is 4. The third-order valence-corrected chi connectivity index (χ3v) is 1.70.